The number of amides is 1. The first-order chi connectivity index (χ1) is 11.8. The standard InChI is InChI=1S/C20H25NO4/c1-12-9-13(2)14(3)19(10-12)25-15(4)20(22)21-17-11-16(23-5)7-8-18(17)24-6/h7-11,15H,1-6H3,(H,21,22)/t15-/m0/s1. The van der Waals surface area contributed by atoms with E-state index in [2.05, 4.69) is 11.4 Å². The zero-order valence-electron chi connectivity index (χ0n) is 15.6. The zero-order chi connectivity index (χ0) is 18.6. The van der Waals surface area contributed by atoms with E-state index >= 15 is 0 Å². The van der Waals surface area contributed by atoms with E-state index in [9.17, 15) is 4.79 Å². The molecule has 0 fully saturated rings. The summed E-state index contributed by atoms with van der Waals surface area (Å²) in [5.41, 5.74) is 3.81. The second kappa shape index (κ2) is 7.92. The smallest absolute Gasteiger partial charge is 0.265 e. The number of aryl methyl sites for hydroxylation is 2. The number of carbonyl (C=O) groups excluding carboxylic acids is 1. The second-order valence-electron chi connectivity index (χ2n) is 6.02. The molecule has 0 saturated carbocycles. The van der Waals surface area contributed by atoms with Crippen LogP contribution >= 0.6 is 0 Å². The van der Waals surface area contributed by atoms with Crippen LogP contribution in [0, 0.1) is 20.8 Å². The van der Waals surface area contributed by atoms with Crippen LogP contribution in [0.5, 0.6) is 17.2 Å². The fourth-order valence-corrected chi connectivity index (χ4v) is 2.51. The highest BCUT2D eigenvalue weighted by Crippen LogP contribution is 2.29. The van der Waals surface area contributed by atoms with Gasteiger partial charge in [0.15, 0.2) is 6.10 Å². The monoisotopic (exact) mass is 343 g/mol. The zero-order valence-corrected chi connectivity index (χ0v) is 15.6. The number of rotatable bonds is 6. The topological polar surface area (TPSA) is 56.8 Å². The van der Waals surface area contributed by atoms with Crippen molar-refractivity contribution in [3.05, 3.63) is 47.0 Å². The molecule has 1 amide bonds. The fraction of sp³-hybridized carbons (Fsp3) is 0.350. The van der Waals surface area contributed by atoms with Crippen LogP contribution in [0.2, 0.25) is 0 Å². The van der Waals surface area contributed by atoms with Crippen molar-refractivity contribution in [3.8, 4) is 17.2 Å². The van der Waals surface area contributed by atoms with Crippen LogP contribution in [0.3, 0.4) is 0 Å². The van der Waals surface area contributed by atoms with Crippen molar-refractivity contribution in [3.63, 3.8) is 0 Å². The minimum absolute atomic E-state index is 0.259. The average molecular weight is 343 g/mol. The Kier molecular flexibility index (Phi) is 5.91. The van der Waals surface area contributed by atoms with Gasteiger partial charge in [-0.3, -0.25) is 4.79 Å². The molecule has 0 spiro atoms. The van der Waals surface area contributed by atoms with Crippen molar-refractivity contribution in [1.29, 1.82) is 0 Å². The van der Waals surface area contributed by atoms with Crippen LogP contribution in [0.4, 0.5) is 5.69 Å². The summed E-state index contributed by atoms with van der Waals surface area (Å²) >= 11 is 0. The summed E-state index contributed by atoms with van der Waals surface area (Å²) in [6, 6.07) is 9.26. The number of anilines is 1. The Balaban J connectivity index is 2.16. The van der Waals surface area contributed by atoms with Crippen molar-refractivity contribution in [2.45, 2.75) is 33.8 Å². The maximum absolute atomic E-state index is 12.5. The predicted molar refractivity (Wildman–Crippen MR) is 98.9 cm³/mol. The second-order valence-corrected chi connectivity index (χ2v) is 6.02. The molecule has 2 rings (SSSR count). The summed E-state index contributed by atoms with van der Waals surface area (Å²) in [6.07, 6.45) is -0.657. The molecule has 0 aromatic heterocycles. The highest BCUT2D eigenvalue weighted by molar-refractivity contribution is 5.95. The molecule has 0 radical (unpaired) electrons. The van der Waals surface area contributed by atoms with E-state index in [0.717, 1.165) is 22.4 Å². The van der Waals surface area contributed by atoms with E-state index < -0.39 is 6.10 Å². The number of benzene rings is 2. The lowest BCUT2D eigenvalue weighted by Gasteiger charge is -2.19. The number of hydrogen-bond acceptors (Lipinski definition) is 4. The van der Waals surface area contributed by atoms with Crippen molar-refractivity contribution in [2.75, 3.05) is 19.5 Å². The maximum atomic E-state index is 12.5. The van der Waals surface area contributed by atoms with Gasteiger partial charge in [0.1, 0.15) is 17.2 Å². The molecule has 1 atom stereocenters. The number of ether oxygens (including phenoxy) is 3. The molecule has 0 aliphatic rings. The molecule has 2 aromatic rings. The largest absolute Gasteiger partial charge is 0.497 e. The number of carbonyl (C=O) groups is 1. The minimum Gasteiger partial charge on any atom is -0.497 e. The predicted octanol–water partition coefficient (Wildman–Crippen LogP) is 4.04. The third kappa shape index (κ3) is 4.44. The molecule has 0 unspecified atom stereocenters. The van der Waals surface area contributed by atoms with Crippen LogP contribution in [-0.2, 0) is 4.79 Å². The summed E-state index contributed by atoms with van der Waals surface area (Å²) in [4.78, 5) is 12.5. The number of nitrogens with one attached hydrogen (secondary N) is 1. The van der Waals surface area contributed by atoms with Crippen molar-refractivity contribution in [1.82, 2.24) is 0 Å². The van der Waals surface area contributed by atoms with Crippen molar-refractivity contribution in [2.24, 2.45) is 0 Å². The Bertz CT molecular complexity index is 771. The van der Waals surface area contributed by atoms with Crippen molar-refractivity contribution < 1.29 is 19.0 Å². The lowest BCUT2D eigenvalue weighted by molar-refractivity contribution is -0.122. The van der Waals surface area contributed by atoms with Crippen LogP contribution in [-0.4, -0.2) is 26.2 Å². The third-order valence-corrected chi connectivity index (χ3v) is 4.10. The van der Waals surface area contributed by atoms with E-state index in [1.165, 1.54) is 0 Å². The first-order valence-corrected chi connectivity index (χ1v) is 8.13. The van der Waals surface area contributed by atoms with E-state index in [4.69, 9.17) is 14.2 Å². The molecule has 5 nitrogen and oxygen atoms in total. The highest BCUT2D eigenvalue weighted by atomic mass is 16.5. The molecule has 0 heterocycles. The van der Waals surface area contributed by atoms with Crippen LogP contribution in [0.1, 0.15) is 23.6 Å². The fourth-order valence-electron chi connectivity index (χ4n) is 2.51. The van der Waals surface area contributed by atoms with Gasteiger partial charge in [0.2, 0.25) is 0 Å². The van der Waals surface area contributed by atoms with E-state index in [1.807, 2.05) is 26.8 Å². The van der Waals surface area contributed by atoms with Gasteiger partial charge < -0.3 is 19.5 Å². The molecule has 134 valence electrons. The van der Waals surface area contributed by atoms with Gasteiger partial charge >= 0.3 is 0 Å². The first-order valence-electron chi connectivity index (χ1n) is 8.13. The maximum Gasteiger partial charge on any atom is 0.265 e. The quantitative estimate of drug-likeness (QED) is 0.860. The Morgan fingerprint density at radius 3 is 2.36 bits per heavy atom. The molecule has 5 heteroatoms. The molecule has 1 N–H and O–H groups in total. The van der Waals surface area contributed by atoms with Gasteiger partial charge in [-0.25, -0.2) is 0 Å². The lowest BCUT2D eigenvalue weighted by Crippen LogP contribution is -2.30. The van der Waals surface area contributed by atoms with Gasteiger partial charge in [-0.2, -0.15) is 0 Å². The summed E-state index contributed by atoms with van der Waals surface area (Å²) < 4.78 is 16.4. The minimum atomic E-state index is -0.657. The molecular formula is C20H25NO4. The summed E-state index contributed by atoms with van der Waals surface area (Å²) in [5, 5.41) is 2.84. The molecule has 25 heavy (non-hydrogen) atoms. The van der Waals surface area contributed by atoms with Gasteiger partial charge in [0.05, 0.1) is 19.9 Å². The SMILES string of the molecule is COc1ccc(OC)c(NC(=O)[C@H](C)Oc2cc(C)cc(C)c2C)c1. The van der Waals surface area contributed by atoms with Crippen LogP contribution in [0.25, 0.3) is 0 Å². The normalized spacial score (nSPS) is 11.6. The van der Waals surface area contributed by atoms with Gasteiger partial charge in [-0.15, -0.1) is 0 Å². The molecule has 0 saturated heterocycles. The van der Waals surface area contributed by atoms with Gasteiger partial charge in [0, 0.05) is 6.07 Å². The first kappa shape index (κ1) is 18.6. The van der Waals surface area contributed by atoms with Crippen molar-refractivity contribution >= 4 is 11.6 Å². The van der Waals surface area contributed by atoms with Gasteiger partial charge in [-0.1, -0.05) is 6.07 Å². The Morgan fingerprint density at radius 2 is 1.72 bits per heavy atom. The Labute approximate surface area is 148 Å². The Morgan fingerprint density at radius 1 is 1.00 bits per heavy atom. The summed E-state index contributed by atoms with van der Waals surface area (Å²) in [6.45, 7) is 7.74. The highest BCUT2D eigenvalue weighted by Gasteiger charge is 2.18. The van der Waals surface area contributed by atoms with E-state index in [1.54, 1.807) is 39.3 Å². The van der Waals surface area contributed by atoms with Crippen LogP contribution < -0.4 is 19.5 Å². The summed E-state index contributed by atoms with van der Waals surface area (Å²) in [5.74, 6) is 1.65. The molecule has 0 bridgehead atoms. The Hall–Kier alpha value is -2.69. The average Bonchev–Trinajstić information content (AvgIpc) is 2.58. The van der Waals surface area contributed by atoms with Crippen LogP contribution in [0.15, 0.2) is 30.3 Å². The van der Waals surface area contributed by atoms with E-state index in [-0.39, 0.29) is 5.91 Å². The van der Waals surface area contributed by atoms with E-state index in [0.29, 0.717) is 17.2 Å². The van der Waals surface area contributed by atoms with Gasteiger partial charge in [-0.05, 0) is 62.6 Å². The molecule has 0 aliphatic carbocycles. The molecule has 2 aromatic carbocycles. The molecular weight excluding hydrogens is 318 g/mol. The lowest BCUT2D eigenvalue weighted by atomic mass is 10.1. The van der Waals surface area contributed by atoms with Gasteiger partial charge in [0.25, 0.3) is 5.91 Å². The number of methoxy groups -OCH3 is 2. The molecule has 0 aliphatic heterocycles. The number of hydrogen-bond donors (Lipinski definition) is 1. The third-order valence-electron chi connectivity index (χ3n) is 4.10. The summed E-state index contributed by atoms with van der Waals surface area (Å²) in [7, 11) is 3.12.